The van der Waals surface area contributed by atoms with E-state index in [-0.39, 0.29) is 12.5 Å². The van der Waals surface area contributed by atoms with Crippen molar-refractivity contribution in [1.82, 2.24) is 14.9 Å². The lowest BCUT2D eigenvalue weighted by molar-refractivity contribution is -0.116. The number of rotatable bonds is 6. The summed E-state index contributed by atoms with van der Waals surface area (Å²) >= 11 is 0. The van der Waals surface area contributed by atoms with Gasteiger partial charge in [-0.1, -0.05) is 0 Å². The van der Waals surface area contributed by atoms with E-state index >= 15 is 0 Å². The number of nitrogens with one attached hydrogen (secondary N) is 3. The zero-order chi connectivity index (χ0) is 18.2. The van der Waals surface area contributed by atoms with Gasteiger partial charge >= 0.3 is 6.03 Å². The molecule has 25 heavy (non-hydrogen) atoms. The van der Waals surface area contributed by atoms with E-state index in [1.807, 2.05) is 14.1 Å². The zero-order valence-electron chi connectivity index (χ0n) is 14.2. The average Bonchev–Trinajstić information content (AvgIpc) is 2.56. The van der Waals surface area contributed by atoms with Crippen LogP contribution < -0.4 is 20.7 Å². The lowest BCUT2D eigenvalue weighted by Crippen LogP contribution is -2.27. The Morgan fingerprint density at radius 2 is 1.96 bits per heavy atom. The first kappa shape index (κ1) is 18.1. The Bertz CT molecular complexity index is 736. The summed E-state index contributed by atoms with van der Waals surface area (Å²) in [7, 11) is 5.10. The fourth-order valence-electron chi connectivity index (χ4n) is 1.99. The molecule has 0 aliphatic heterocycles. The normalized spacial score (nSPS) is 10.2. The molecule has 0 atom stereocenters. The molecule has 1 heterocycles. The van der Waals surface area contributed by atoms with Crippen molar-refractivity contribution in [3.63, 3.8) is 0 Å². The fraction of sp³-hybridized carbons (Fsp3) is 0.250. The highest BCUT2D eigenvalue weighted by molar-refractivity contribution is 6.00. The second-order valence-electron chi connectivity index (χ2n) is 5.37. The van der Waals surface area contributed by atoms with Gasteiger partial charge in [-0.3, -0.25) is 15.1 Å². The van der Waals surface area contributed by atoms with Crippen molar-refractivity contribution in [2.75, 3.05) is 43.7 Å². The van der Waals surface area contributed by atoms with Gasteiger partial charge in [0, 0.05) is 24.1 Å². The molecule has 0 unspecified atom stereocenters. The Labute approximate surface area is 145 Å². The highest BCUT2D eigenvalue weighted by Gasteiger charge is 2.11. The molecule has 3 amide bonds. The highest BCUT2D eigenvalue weighted by atomic mass is 16.5. The van der Waals surface area contributed by atoms with Crippen molar-refractivity contribution >= 4 is 29.1 Å². The van der Waals surface area contributed by atoms with Gasteiger partial charge in [-0.05, 0) is 26.2 Å². The lowest BCUT2D eigenvalue weighted by Gasteiger charge is -2.14. The lowest BCUT2D eigenvalue weighted by atomic mass is 10.2. The second-order valence-corrected chi connectivity index (χ2v) is 5.37. The summed E-state index contributed by atoms with van der Waals surface area (Å²) in [5.74, 6) is 0.594. The van der Waals surface area contributed by atoms with E-state index in [2.05, 4.69) is 25.9 Å². The van der Waals surface area contributed by atoms with Crippen LogP contribution in [0, 0.1) is 0 Å². The number of likely N-dealkylation sites (N-methyl/N-ethyl adjacent to an activating group) is 1. The molecule has 0 radical (unpaired) electrons. The van der Waals surface area contributed by atoms with Crippen LogP contribution in [0.15, 0.2) is 36.8 Å². The Kier molecular flexibility index (Phi) is 6.24. The van der Waals surface area contributed by atoms with Crippen LogP contribution in [-0.4, -0.2) is 54.6 Å². The molecule has 2 rings (SSSR count). The molecule has 9 nitrogen and oxygen atoms in total. The van der Waals surface area contributed by atoms with E-state index in [9.17, 15) is 9.59 Å². The van der Waals surface area contributed by atoms with Crippen molar-refractivity contribution in [2.24, 2.45) is 0 Å². The number of ether oxygens (including phenoxy) is 1. The molecule has 0 bridgehead atoms. The molecule has 132 valence electrons. The van der Waals surface area contributed by atoms with Crippen molar-refractivity contribution in [3.8, 4) is 5.75 Å². The molecule has 0 aliphatic rings. The van der Waals surface area contributed by atoms with Crippen molar-refractivity contribution < 1.29 is 14.3 Å². The fourth-order valence-corrected chi connectivity index (χ4v) is 1.99. The Morgan fingerprint density at radius 1 is 1.16 bits per heavy atom. The molecule has 1 aromatic heterocycles. The molecule has 1 aromatic carbocycles. The highest BCUT2D eigenvalue weighted by Crippen LogP contribution is 2.28. The first-order chi connectivity index (χ1) is 12.0. The van der Waals surface area contributed by atoms with Crippen molar-refractivity contribution in [2.45, 2.75) is 0 Å². The smallest absolute Gasteiger partial charge is 0.324 e. The Morgan fingerprint density at radius 3 is 2.60 bits per heavy atom. The van der Waals surface area contributed by atoms with Crippen molar-refractivity contribution in [3.05, 3.63) is 36.8 Å². The van der Waals surface area contributed by atoms with Crippen LogP contribution in [-0.2, 0) is 4.79 Å². The number of aromatic nitrogens is 2. The minimum absolute atomic E-state index is 0.145. The summed E-state index contributed by atoms with van der Waals surface area (Å²) in [5.41, 5.74) is 1.03. The van der Waals surface area contributed by atoms with Gasteiger partial charge in [0.25, 0.3) is 0 Å². The van der Waals surface area contributed by atoms with Crippen LogP contribution in [0.3, 0.4) is 0 Å². The molecular formula is C16H20N6O3. The predicted octanol–water partition coefficient (Wildman–Crippen LogP) is 1.63. The number of carbonyl (C=O) groups excluding carboxylic acids is 2. The Balaban J connectivity index is 2.03. The van der Waals surface area contributed by atoms with Gasteiger partial charge < -0.3 is 20.3 Å². The number of urea groups is 1. The number of carbonyl (C=O) groups is 2. The third-order valence-electron chi connectivity index (χ3n) is 3.00. The van der Waals surface area contributed by atoms with Crippen LogP contribution in [0.1, 0.15) is 0 Å². The van der Waals surface area contributed by atoms with E-state index in [0.717, 1.165) is 0 Å². The van der Waals surface area contributed by atoms with Gasteiger partial charge in [-0.25, -0.2) is 9.78 Å². The largest absolute Gasteiger partial charge is 0.494 e. The molecule has 0 fully saturated rings. The zero-order valence-corrected chi connectivity index (χ0v) is 14.2. The van der Waals surface area contributed by atoms with Gasteiger partial charge in [0.2, 0.25) is 5.91 Å². The quantitative estimate of drug-likeness (QED) is 0.735. The number of methoxy groups -OCH3 is 1. The van der Waals surface area contributed by atoms with Gasteiger partial charge in [-0.15, -0.1) is 0 Å². The molecule has 3 N–H and O–H groups in total. The van der Waals surface area contributed by atoms with E-state index in [4.69, 9.17) is 4.74 Å². The van der Waals surface area contributed by atoms with Crippen LogP contribution >= 0.6 is 0 Å². The molecule has 0 saturated heterocycles. The average molecular weight is 344 g/mol. The third kappa shape index (κ3) is 5.74. The summed E-state index contributed by atoms with van der Waals surface area (Å²) in [4.78, 5) is 33.4. The summed E-state index contributed by atoms with van der Waals surface area (Å²) in [6.45, 7) is 0.267. The maximum Gasteiger partial charge on any atom is 0.324 e. The minimum atomic E-state index is -0.483. The van der Waals surface area contributed by atoms with E-state index in [0.29, 0.717) is 22.9 Å². The molecular weight excluding hydrogens is 324 g/mol. The van der Waals surface area contributed by atoms with Crippen LogP contribution in [0.25, 0.3) is 0 Å². The summed E-state index contributed by atoms with van der Waals surface area (Å²) < 4.78 is 5.27. The number of anilines is 3. The molecule has 0 saturated carbocycles. The molecule has 0 spiro atoms. The number of nitrogens with zero attached hydrogens (tertiary/aromatic N) is 3. The second kappa shape index (κ2) is 8.60. The SMILES string of the molecule is COc1cc(NC(=O)CN(C)C)ccc1NC(=O)Nc1cnccn1. The topological polar surface area (TPSA) is 108 Å². The monoisotopic (exact) mass is 344 g/mol. The third-order valence-corrected chi connectivity index (χ3v) is 3.00. The van der Waals surface area contributed by atoms with Crippen LogP contribution in [0.5, 0.6) is 5.75 Å². The number of amides is 3. The van der Waals surface area contributed by atoms with Gasteiger partial charge in [0.1, 0.15) is 5.75 Å². The Hall–Kier alpha value is -3.20. The van der Waals surface area contributed by atoms with E-state index in [1.165, 1.54) is 25.7 Å². The maximum atomic E-state index is 12.0. The van der Waals surface area contributed by atoms with Gasteiger partial charge in [0.15, 0.2) is 5.82 Å². The molecule has 9 heteroatoms. The van der Waals surface area contributed by atoms with Gasteiger partial charge in [0.05, 0.1) is 25.5 Å². The molecule has 0 aliphatic carbocycles. The van der Waals surface area contributed by atoms with Crippen LogP contribution in [0.4, 0.5) is 22.0 Å². The number of benzene rings is 1. The van der Waals surface area contributed by atoms with E-state index in [1.54, 1.807) is 23.1 Å². The number of hydrogen-bond donors (Lipinski definition) is 3. The first-order valence-corrected chi connectivity index (χ1v) is 7.44. The standard InChI is InChI=1S/C16H20N6O3/c1-22(2)10-15(23)19-11-4-5-12(13(8-11)25-3)20-16(24)21-14-9-17-6-7-18-14/h4-9H,10H2,1-3H3,(H,19,23)(H2,18,20,21,24). The van der Waals surface area contributed by atoms with Crippen LogP contribution in [0.2, 0.25) is 0 Å². The maximum absolute atomic E-state index is 12.0. The predicted molar refractivity (Wildman–Crippen MR) is 94.9 cm³/mol. The summed E-state index contributed by atoms with van der Waals surface area (Å²) in [5, 5.41) is 7.98. The number of hydrogen-bond acceptors (Lipinski definition) is 6. The van der Waals surface area contributed by atoms with Gasteiger partial charge in [-0.2, -0.15) is 0 Å². The first-order valence-electron chi connectivity index (χ1n) is 7.44. The van der Waals surface area contributed by atoms with Crippen molar-refractivity contribution in [1.29, 1.82) is 0 Å². The minimum Gasteiger partial charge on any atom is -0.494 e. The summed E-state index contributed by atoms with van der Waals surface area (Å²) in [6, 6.07) is 4.46. The van der Waals surface area contributed by atoms with E-state index < -0.39 is 6.03 Å². The molecule has 2 aromatic rings. The summed E-state index contributed by atoms with van der Waals surface area (Å²) in [6.07, 6.45) is 4.41.